The van der Waals surface area contributed by atoms with Gasteiger partial charge in [-0.25, -0.2) is 14.4 Å². The van der Waals surface area contributed by atoms with Gasteiger partial charge in [0.25, 0.3) is 0 Å². The first-order chi connectivity index (χ1) is 7.29. The molecule has 0 saturated carbocycles. The molecule has 0 aliphatic rings. The Morgan fingerprint density at radius 1 is 1.13 bits per heavy atom. The first kappa shape index (κ1) is 9.73. The van der Waals surface area contributed by atoms with Crippen LogP contribution in [-0.4, -0.2) is 9.97 Å². The molecule has 1 heterocycles. The minimum Gasteiger partial charge on any atom is -0.320 e. The normalized spacial score (nSPS) is 12.4. The second kappa shape index (κ2) is 4.14. The summed E-state index contributed by atoms with van der Waals surface area (Å²) in [7, 11) is 0. The molecule has 2 rings (SSSR count). The Morgan fingerprint density at radius 2 is 1.80 bits per heavy atom. The number of rotatable bonds is 2. The maximum Gasteiger partial charge on any atom is 0.128 e. The fraction of sp³-hybridized carbons (Fsp3) is 0.0909. The van der Waals surface area contributed by atoms with Crippen LogP contribution in [0, 0.1) is 5.82 Å². The molecular weight excluding hydrogens is 193 g/mol. The van der Waals surface area contributed by atoms with Crippen LogP contribution in [-0.2, 0) is 0 Å². The summed E-state index contributed by atoms with van der Waals surface area (Å²) >= 11 is 0. The monoisotopic (exact) mass is 203 g/mol. The highest BCUT2D eigenvalue weighted by atomic mass is 19.1. The molecular formula is C11H10FN3. The van der Waals surface area contributed by atoms with E-state index in [1.807, 2.05) is 0 Å². The van der Waals surface area contributed by atoms with Crippen LogP contribution in [0.25, 0.3) is 0 Å². The number of aromatic nitrogens is 2. The van der Waals surface area contributed by atoms with Crippen LogP contribution in [0.2, 0.25) is 0 Å². The molecule has 0 aliphatic heterocycles. The van der Waals surface area contributed by atoms with Gasteiger partial charge in [-0.15, -0.1) is 0 Å². The molecule has 0 bridgehead atoms. The lowest BCUT2D eigenvalue weighted by Crippen LogP contribution is -2.13. The minimum absolute atomic E-state index is 0.311. The van der Waals surface area contributed by atoms with Crippen LogP contribution < -0.4 is 5.73 Å². The Labute approximate surface area is 86.8 Å². The van der Waals surface area contributed by atoms with E-state index in [4.69, 9.17) is 5.73 Å². The van der Waals surface area contributed by atoms with Gasteiger partial charge in [0.15, 0.2) is 0 Å². The summed E-state index contributed by atoms with van der Waals surface area (Å²) in [6.45, 7) is 0. The van der Waals surface area contributed by atoms with Crippen molar-refractivity contribution in [2.45, 2.75) is 6.04 Å². The largest absolute Gasteiger partial charge is 0.320 e. The van der Waals surface area contributed by atoms with Crippen molar-refractivity contribution < 1.29 is 4.39 Å². The van der Waals surface area contributed by atoms with E-state index < -0.39 is 6.04 Å². The van der Waals surface area contributed by atoms with Crippen LogP contribution in [0.1, 0.15) is 17.2 Å². The number of hydrogen-bond donors (Lipinski definition) is 1. The lowest BCUT2D eigenvalue weighted by molar-refractivity contribution is 0.599. The third kappa shape index (κ3) is 1.99. The van der Waals surface area contributed by atoms with Gasteiger partial charge in [0, 0.05) is 23.5 Å². The third-order valence-corrected chi connectivity index (χ3v) is 2.18. The third-order valence-electron chi connectivity index (χ3n) is 2.18. The number of nitrogens with zero attached hydrogens (tertiary/aromatic N) is 2. The van der Waals surface area contributed by atoms with Crippen LogP contribution in [0.3, 0.4) is 0 Å². The standard InChI is InChI=1S/C11H10FN3/c12-10-4-2-1-3-9(10)11(13)8-5-14-7-15-6-8/h1-7,11H,13H2. The Morgan fingerprint density at radius 3 is 2.47 bits per heavy atom. The van der Waals surface area contributed by atoms with E-state index in [9.17, 15) is 4.39 Å². The first-order valence-electron chi connectivity index (χ1n) is 4.54. The van der Waals surface area contributed by atoms with Gasteiger partial charge in [-0.05, 0) is 6.07 Å². The Bertz CT molecular complexity index is 445. The molecule has 1 aromatic heterocycles. The number of hydrogen-bond acceptors (Lipinski definition) is 3. The molecule has 3 nitrogen and oxygen atoms in total. The van der Waals surface area contributed by atoms with Gasteiger partial charge in [-0.2, -0.15) is 0 Å². The number of benzene rings is 1. The molecule has 0 spiro atoms. The fourth-order valence-corrected chi connectivity index (χ4v) is 1.38. The Kier molecular flexibility index (Phi) is 2.69. The Balaban J connectivity index is 2.37. The molecule has 0 fully saturated rings. The Hall–Kier alpha value is -1.81. The van der Waals surface area contributed by atoms with Crippen LogP contribution >= 0.6 is 0 Å². The number of halogens is 1. The first-order valence-corrected chi connectivity index (χ1v) is 4.54. The molecule has 0 aliphatic carbocycles. The SMILES string of the molecule is NC(c1cncnc1)c1ccccc1F. The summed E-state index contributed by atoms with van der Waals surface area (Å²) in [5.74, 6) is -0.311. The van der Waals surface area contributed by atoms with Crippen LogP contribution in [0.15, 0.2) is 43.0 Å². The molecule has 1 aromatic carbocycles. The van der Waals surface area contributed by atoms with E-state index in [1.54, 1.807) is 30.6 Å². The predicted molar refractivity (Wildman–Crippen MR) is 54.5 cm³/mol. The van der Waals surface area contributed by atoms with Gasteiger partial charge in [-0.1, -0.05) is 18.2 Å². The fourth-order valence-electron chi connectivity index (χ4n) is 1.38. The highest BCUT2D eigenvalue weighted by Crippen LogP contribution is 2.20. The van der Waals surface area contributed by atoms with Crippen molar-refractivity contribution in [3.63, 3.8) is 0 Å². The summed E-state index contributed by atoms with van der Waals surface area (Å²) < 4.78 is 13.4. The van der Waals surface area contributed by atoms with Crippen LogP contribution in [0.5, 0.6) is 0 Å². The zero-order chi connectivity index (χ0) is 10.7. The van der Waals surface area contributed by atoms with E-state index in [0.29, 0.717) is 11.1 Å². The molecule has 0 radical (unpaired) electrons. The van der Waals surface area contributed by atoms with E-state index in [-0.39, 0.29) is 5.82 Å². The molecule has 2 N–H and O–H groups in total. The van der Waals surface area contributed by atoms with Crippen LogP contribution in [0.4, 0.5) is 4.39 Å². The summed E-state index contributed by atoms with van der Waals surface area (Å²) in [6.07, 6.45) is 4.59. The van der Waals surface area contributed by atoms with Gasteiger partial charge in [0.05, 0.1) is 6.04 Å². The van der Waals surface area contributed by atoms with Crippen molar-refractivity contribution in [3.8, 4) is 0 Å². The zero-order valence-electron chi connectivity index (χ0n) is 7.97. The molecule has 76 valence electrons. The van der Waals surface area contributed by atoms with Crippen molar-refractivity contribution in [2.24, 2.45) is 5.73 Å². The molecule has 4 heteroatoms. The van der Waals surface area contributed by atoms with Crippen molar-refractivity contribution in [1.29, 1.82) is 0 Å². The highest BCUT2D eigenvalue weighted by Gasteiger charge is 2.12. The van der Waals surface area contributed by atoms with Crippen molar-refractivity contribution in [3.05, 3.63) is 59.9 Å². The second-order valence-electron chi connectivity index (χ2n) is 3.17. The maximum absolute atomic E-state index is 13.4. The van der Waals surface area contributed by atoms with Crippen molar-refractivity contribution in [1.82, 2.24) is 9.97 Å². The summed E-state index contributed by atoms with van der Waals surface area (Å²) in [5.41, 5.74) is 7.05. The molecule has 15 heavy (non-hydrogen) atoms. The van der Waals surface area contributed by atoms with E-state index in [2.05, 4.69) is 9.97 Å². The molecule has 0 amide bonds. The topological polar surface area (TPSA) is 51.8 Å². The summed E-state index contributed by atoms with van der Waals surface area (Å²) in [4.78, 5) is 7.69. The molecule has 2 aromatic rings. The lowest BCUT2D eigenvalue weighted by Gasteiger charge is -2.11. The maximum atomic E-state index is 13.4. The van der Waals surface area contributed by atoms with Crippen molar-refractivity contribution in [2.75, 3.05) is 0 Å². The lowest BCUT2D eigenvalue weighted by atomic mass is 10.0. The van der Waals surface area contributed by atoms with E-state index in [1.165, 1.54) is 12.4 Å². The van der Waals surface area contributed by atoms with Gasteiger partial charge in [0.2, 0.25) is 0 Å². The molecule has 1 atom stereocenters. The zero-order valence-corrected chi connectivity index (χ0v) is 7.97. The highest BCUT2D eigenvalue weighted by molar-refractivity contribution is 5.29. The average Bonchev–Trinajstić information content (AvgIpc) is 2.30. The molecule has 1 unspecified atom stereocenters. The summed E-state index contributed by atoms with van der Waals surface area (Å²) in [5, 5.41) is 0. The number of nitrogens with two attached hydrogens (primary N) is 1. The van der Waals surface area contributed by atoms with Crippen molar-refractivity contribution >= 4 is 0 Å². The minimum atomic E-state index is -0.521. The smallest absolute Gasteiger partial charge is 0.128 e. The van der Waals surface area contributed by atoms with Gasteiger partial charge in [0.1, 0.15) is 12.1 Å². The van der Waals surface area contributed by atoms with Gasteiger partial charge in [-0.3, -0.25) is 0 Å². The molecule has 0 saturated heterocycles. The quantitative estimate of drug-likeness (QED) is 0.807. The average molecular weight is 203 g/mol. The second-order valence-corrected chi connectivity index (χ2v) is 3.17. The predicted octanol–water partition coefficient (Wildman–Crippen LogP) is 1.66. The van der Waals surface area contributed by atoms with Gasteiger partial charge >= 0.3 is 0 Å². The van der Waals surface area contributed by atoms with Gasteiger partial charge < -0.3 is 5.73 Å². The van der Waals surface area contributed by atoms with E-state index >= 15 is 0 Å². The van der Waals surface area contributed by atoms with E-state index in [0.717, 1.165) is 0 Å². The summed E-state index contributed by atoms with van der Waals surface area (Å²) in [6, 6.07) is 5.91.